The van der Waals surface area contributed by atoms with Crippen LogP contribution in [0.2, 0.25) is 5.02 Å². The molecule has 0 fully saturated rings. The smallest absolute Gasteiger partial charge is 0.167 e. The van der Waals surface area contributed by atoms with Gasteiger partial charge < -0.3 is 4.74 Å². The van der Waals surface area contributed by atoms with E-state index in [1.807, 2.05) is 31.2 Å². The second kappa shape index (κ2) is 6.42. The van der Waals surface area contributed by atoms with Crippen LogP contribution >= 0.6 is 27.5 Å². The second-order valence-electron chi connectivity index (χ2n) is 4.52. The minimum Gasteiger partial charge on any atom is -0.496 e. The Hall–Kier alpha value is -1.32. The number of aryl methyl sites for hydroxylation is 1. The van der Waals surface area contributed by atoms with Crippen LogP contribution in [0.3, 0.4) is 0 Å². The van der Waals surface area contributed by atoms with E-state index in [1.54, 1.807) is 19.2 Å². The number of methoxy groups -OCH3 is 1. The molecule has 0 bridgehead atoms. The van der Waals surface area contributed by atoms with Gasteiger partial charge in [0.05, 0.1) is 7.11 Å². The Kier molecular flexibility index (Phi) is 4.84. The molecule has 0 amide bonds. The van der Waals surface area contributed by atoms with Gasteiger partial charge in [0.15, 0.2) is 5.78 Å². The monoisotopic (exact) mass is 352 g/mol. The molecule has 104 valence electrons. The van der Waals surface area contributed by atoms with Gasteiger partial charge in [-0.3, -0.25) is 4.79 Å². The van der Waals surface area contributed by atoms with Gasteiger partial charge in [-0.05, 0) is 48.4 Å². The molecule has 2 nitrogen and oxygen atoms in total. The van der Waals surface area contributed by atoms with Gasteiger partial charge in [-0.25, -0.2) is 0 Å². The second-order valence-corrected chi connectivity index (χ2v) is 5.84. The summed E-state index contributed by atoms with van der Waals surface area (Å²) in [7, 11) is 1.62. The van der Waals surface area contributed by atoms with Crippen molar-refractivity contribution in [1.82, 2.24) is 0 Å². The standard InChI is InChI=1S/C16H14BrClO2/c1-10-7-12(4-6-16(10)20-2)15(19)8-11-3-5-13(17)9-14(11)18/h3-7,9H,8H2,1-2H3. The fourth-order valence-electron chi connectivity index (χ4n) is 1.99. The zero-order chi connectivity index (χ0) is 14.7. The lowest BCUT2D eigenvalue weighted by Gasteiger charge is -2.08. The van der Waals surface area contributed by atoms with Gasteiger partial charge in [-0.1, -0.05) is 33.6 Å². The molecule has 0 atom stereocenters. The van der Waals surface area contributed by atoms with Gasteiger partial charge in [0, 0.05) is 21.5 Å². The minimum absolute atomic E-state index is 0.0416. The molecule has 2 rings (SSSR count). The number of hydrogen-bond acceptors (Lipinski definition) is 2. The Bertz CT molecular complexity index is 653. The average Bonchev–Trinajstić information content (AvgIpc) is 2.41. The van der Waals surface area contributed by atoms with Crippen LogP contribution in [0.15, 0.2) is 40.9 Å². The van der Waals surface area contributed by atoms with E-state index in [-0.39, 0.29) is 12.2 Å². The molecule has 0 aliphatic heterocycles. The Labute approximate surface area is 131 Å². The predicted octanol–water partition coefficient (Wildman–Crippen LogP) is 4.84. The van der Waals surface area contributed by atoms with E-state index in [2.05, 4.69) is 15.9 Å². The Morgan fingerprint density at radius 1 is 1.25 bits per heavy atom. The van der Waals surface area contributed by atoms with E-state index in [9.17, 15) is 4.79 Å². The molecule has 0 N–H and O–H groups in total. The first-order chi connectivity index (χ1) is 9.51. The Balaban J connectivity index is 2.21. The Morgan fingerprint density at radius 3 is 2.60 bits per heavy atom. The summed E-state index contributed by atoms with van der Waals surface area (Å²) in [4.78, 5) is 12.3. The third kappa shape index (κ3) is 3.41. The van der Waals surface area contributed by atoms with Crippen LogP contribution < -0.4 is 4.74 Å². The number of ether oxygens (including phenoxy) is 1. The first-order valence-corrected chi connectivity index (χ1v) is 7.30. The van der Waals surface area contributed by atoms with E-state index >= 15 is 0 Å². The van der Waals surface area contributed by atoms with Crippen LogP contribution in [0, 0.1) is 6.92 Å². The van der Waals surface area contributed by atoms with Crippen molar-refractivity contribution in [3.63, 3.8) is 0 Å². The molecular weight excluding hydrogens is 340 g/mol. The zero-order valence-corrected chi connectivity index (χ0v) is 13.6. The van der Waals surface area contributed by atoms with E-state index in [4.69, 9.17) is 16.3 Å². The highest BCUT2D eigenvalue weighted by Gasteiger charge is 2.11. The summed E-state index contributed by atoms with van der Waals surface area (Å²) in [5.74, 6) is 0.822. The molecule has 0 unspecified atom stereocenters. The van der Waals surface area contributed by atoms with Gasteiger partial charge in [0.1, 0.15) is 5.75 Å². The molecule has 0 heterocycles. The zero-order valence-electron chi connectivity index (χ0n) is 11.2. The summed E-state index contributed by atoms with van der Waals surface area (Å²) < 4.78 is 6.09. The molecule has 2 aromatic carbocycles. The van der Waals surface area contributed by atoms with Crippen molar-refractivity contribution >= 4 is 33.3 Å². The van der Waals surface area contributed by atoms with Crippen molar-refractivity contribution < 1.29 is 9.53 Å². The van der Waals surface area contributed by atoms with E-state index in [1.165, 1.54) is 0 Å². The molecule has 0 aliphatic carbocycles. The molecule has 2 aromatic rings. The van der Waals surface area contributed by atoms with Crippen molar-refractivity contribution in [3.8, 4) is 5.75 Å². The molecule has 0 spiro atoms. The van der Waals surface area contributed by atoms with E-state index in [0.717, 1.165) is 21.3 Å². The van der Waals surface area contributed by atoms with E-state index in [0.29, 0.717) is 10.6 Å². The molecule has 4 heteroatoms. The summed E-state index contributed by atoms with van der Waals surface area (Å²) in [6.07, 6.45) is 0.290. The predicted molar refractivity (Wildman–Crippen MR) is 84.9 cm³/mol. The normalized spacial score (nSPS) is 10.4. The topological polar surface area (TPSA) is 26.3 Å². The van der Waals surface area contributed by atoms with E-state index < -0.39 is 0 Å². The summed E-state index contributed by atoms with van der Waals surface area (Å²) in [5, 5.41) is 0.595. The molecule has 0 aliphatic rings. The van der Waals surface area contributed by atoms with Crippen molar-refractivity contribution in [2.75, 3.05) is 7.11 Å². The SMILES string of the molecule is COc1ccc(C(=O)Cc2ccc(Br)cc2Cl)cc1C. The third-order valence-corrected chi connectivity index (χ3v) is 3.93. The van der Waals surface area contributed by atoms with Crippen LogP contribution in [-0.2, 0) is 6.42 Å². The molecule has 20 heavy (non-hydrogen) atoms. The number of halogens is 2. The van der Waals surface area contributed by atoms with Crippen LogP contribution in [0.25, 0.3) is 0 Å². The van der Waals surface area contributed by atoms with Gasteiger partial charge in [0.25, 0.3) is 0 Å². The molecule has 0 saturated heterocycles. The van der Waals surface area contributed by atoms with Crippen molar-refractivity contribution in [3.05, 3.63) is 62.6 Å². The summed E-state index contributed by atoms with van der Waals surface area (Å²) in [6.45, 7) is 1.92. The van der Waals surface area contributed by atoms with Gasteiger partial charge in [-0.2, -0.15) is 0 Å². The summed E-state index contributed by atoms with van der Waals surface area (Å²) in [6, 6.07) is 11.0. The largest absolute Gasteiger partial charge is 0.496 e. The maximum Gasteiger partial charge on any atom is 0.167 e. The number of benzene rings is 2. The maximum atomic E-state index is 12.3. The number of Topliss-reactive ketones (excluding diaryl/α,β-unsaturated/α-hetero) is 1. The molecule has 0 aromatic heterocycles. The number of ketones is 1. The minimum atomic E-state index is 0.0416. The fraction of sp³-hybridized carbons (Fsp3) is 0.188. The molecule has 0 radical (unpaired) electrons. The molecule has 0 saturated carbocycles. The number of carbonyl (C=O) groups excluding carboxylic acids is 1. The number of hydrogen-bond donors (Lipinski definition) is 0. The lowest BCUT2D eigenvalue weighted by atomic mass is 10.0. The highest BCUT2D eigenvalue weighted by Crippen LogP contribution is 2.24. The summed E-state index contributed by atoms with van der Waals surface area (Å²) in [5.41, 5.74) is 2.44. The van der Waals surface area contributed by atoms with Crippen molar-refractivity contribution in [2.24, 2.45) is 0 Å². The van der Waals surface area contributed by atoms with Crippen molar-refractivity contribution in [2.45, 2.75) is 13.3 Å². The quantitative estimate of drug-likeness (QED) is 0.735. The highest BCUT2D eigenvalue weighted by atomic mass is 79.9. The Morgan fingerprint density at radius 2 is 2.00 bits per heavy atom. The average molecular weight is 354 g/mol. The van der Waals surface area contributed by atoms with Crippen LogP contribution in [0.5, 0.6) is 5.75 Å². The van der Waals surface area contributed by atoms with Crippen LogP contribution in [0.1, 0.15) is 21.5 Å². The van der Waals surface area contributed by atoms with Gasteiger partial charge in [-0.15, -0.1) is 0 Å². The van der Waals surface area contributed by atoms with Crippen LogP contribution in [-0.4, -0.2) is 12.9 Å². The lowest BCUT2D eigenvalue weighted by molar-refractivity contribution is 0.0993. The van der Waals surface area contributed by atoms with Crippen molar-refractivity contribution in [1.29, 1.82) is 0 Å². The van der Waals surface area contributed by atoms with Gasteiger partial charge in [0.2, 0.25) is 0 Å². The summed E-state index contributed by atoms with van der Waals surface area (Å²) >= 11 is 9.49. The number of rotatable bonds is 4. The first-order valence-electron chi connectivity index (χ1n) is 6.13. The maximum absolute atomic E-state index is 12.3. The highest BCUT2D eigenvalue weighted by molar-refractivity contribution is 9.10. The first kappa shape index (κ1) is 15.1. The third-order valence-electron chi connectivity index (χ3n) is 3.08. The number of carbonyl (C=O) groups is 1. The van der Waals surface area contributed by atoms with Crippen LogP contribution in [0.4, 0.5) is 0 Å². The lowest BCUT2D eigenvalue weighted by Crippen LogP contribution is -2.04. The molecular formula is C16H14BrClO2. The van der Waals surface area contributed by atoms with Gasteiger partial charge >= 0.3 is 0 Å². The fourth-order valence-corrected chi connectivity index (χ4v) is 2.73.